The molecule has 0 saturated carbocycles. The molecule has 1 heterocycles. The van der Waals surface area contributed by atoms with Crippen molar-refractivity contribution in [2.24, 2.45) is 0 Å². The van der Waals surface area contributed by atoms with Crippen LogP contribution in [-0.2, 0) is 9.47 Å². The van der Waals surface area contributed by atoms with Gasteiger partial charge in [0, 0.05) is 0 Å². The van der Waals surface area contributed by atoms with Crippen molar-refractivity contribution < 1.29 is 9.47 Å². The molecule has 0 unspecified atom stereocenters. The third-order valence-electron chi connectivity index (χ3n) is 3.94. The maximum Gasteiger partial charge on any atom is 0.0845 e. The van der Waals surface area contributed by atoms with E-state index in [1.54, 1.807) is 0 Å². The Labute approximate surface area is 101 Å². The van der Waals surface area contributed by atoms with E-state index in [0.29, 0.717) is 0 Å². The molecule has 1 saturated heterocycles. The first-order chi connectivity index (χ1) is 7.39. The monoisotopic (exact) mass is 256 g/mol. The van der Waals surface area contributed by atoms with E-state index in [1.807, 2.05) is 26.4 Å². The van der Waals surface area contributed by atoms with Crippen LogP contribution in [0.15, 0.2) is 22.9 Å². The summed E-state index contributed by atoms with van der Waals surface area (Å²) in [4.78, 5) is 0. The summed E-state index contributed by atoms with van der Waals surface area (Å²) in [7, 11) is -2.46. The maximum absolute atomic E-state index is 5.48. The van der Waals surface area contributed by atoms with Crippen LogP contribution < -0.4 is 0 Å². The van der Waals surface area contributed by atoms with Crippen molar-refractivity contribution in [2.75, 3.05) is 13.2 Å². The summed E-state index contributed by atoms with van der Waals surface area (Å²) in [6, 6.07) is 0. The van der Waals surface area contributed by atoms with Crippen molar-refractivity contribution >= 4 is 15.2 Å². The lowest BCUT2D eigenvalue weighted by molar-refractivity contribution is 0.263. The molecule has 1 fully saturated rings. The molecule has 0 aromatic rings. The SMILES string of the molecule is CCOC=C1C(=COCC)[Si](C)(C)[Si]1(C)C. The van der Waals surface area contributed by atoms with Gasteiger partial charge < -0.3 is 9.47 Å². The van der Waals surface area contributed by atoms with Crippen LogP contribution in [0, 0.1) is 0 Å². The van der Waals surface area contributed by atoms with Crippen molar-refractivity contribution in [1.29, 1.82) is 0 Å². The first-order valence-electron chi connectivity index (χ1n) is 6.04. The summed E-state index contributed by atoms with van der Waals surface area (Å²) in [5.41, 5.74) is 0. The standard InChI is InChI=1S/C12H24O2Si2/c1-7-13-9-11-12(10-14-8-2)16(5,6)15(11,3)4/h9-10H,7-8H2,1-6H3. The van der Waals surface area contributed by atoms with Crippen LogP contribution in [0.1, 0.15) is 13.8 Å². The smallest absolute Gasteiger partial charge is 0.0845 e. The van der Waals surface area contributed by atoms with Gasteiger partial charge in [-0.15, -0.1) is 0 Å². The first kappa shape index (κ1) is 13.6. The summed E-state index contributed by atoms with van der Waals surface area (Å²) in [5.74, 6) is 0. The van der Waals surface area contributed by atoms with E-state index in [4.69, 9.17) is 9.47 Å². The second-order valence-electron chi connectivity index (χ2n) is 5.22. The highest BCUT2D eigenvalue weighted by Crippen LogP contribution is 2.47. The molecule has 0 amide bonds. The summed E-state index contributed by atoms with van der Waals surface area (Å²) in [6.07, 6.45) is 3.96. The Morgan fingerprint density at radius 1 is 0.812 bits per heavy atom. The Hall–Kier alpha value is -0.486. The molecular weight excluding hydrogens is 232 g/mol. The van der Waals surface area contributed by atoms with Gasteiger partial charge in [-0.1, -0.05) is 26.2 Å². The fraction of sp³-hybridized carbons (Fsp3) is 0.667. The Bertz CT molecular complexity index is 285. The van der Waals surface area contributed by atoms with Crippen molar-refractivity contribution in [3.05, 3.63) is 22.9 Å². The molecule has 92 valence electrons. The van der Waals surface area contributed by atoms with E-state index in [9.17, 15) is 0 Å². The normalized spacial score (nSPS) is 26.6. The van der Waals surface area contributed by atoms with E-state index in [0.717, 1.165) is 13.2 Å². The first-order valence-corrected chi connectivity index (χ1v) is 13.0. The molecular formula is C12H24O2Si2. The van der Waals surface area contributed by atoms with Crippen LogP contribution in [0.2, 0.25) is 26.2 Å². The molecule has 0 N–H and O–H groups in total. The third kappa shape index (κ3) is 2.00. The lowest BCUT2D eigenvalue weighted by Crippen LogP contribution is -2.68. The molecule has 0 aromatic heterocycles. The molecule has 0 aromatic carbocycles. The summed E-state index contributed by atoms with van der Waals surface area (Å²) in [6.45, 7) is 15.4. The fourth-order valence-corrected chi connectivity index (χ4v) is 11.8. The van der Waals surface area contributed by atoms with Gasteiger partial charge in [0.15, 0.2) is 0 Å². The van der Waals surface area contributed by atoms with Crippen molar-refractivity contribution in [3.63, 3.8) is 0 Å². The van der Waals surface area contributed by atoms with Crippen LogP contribution in [0.4, 0.5) is 0 Å². The topological polar surface area (TPSA) is 18.5 Å². The van der Waals surface area contributed by atoms with E-state index in [1.165, 1.54) is 10.4 Å². The van der Waals surface area contributed by atoms with E-state index >= 15 is 0 Å². The number of ether oxygens (including phenoxy) is 2. The van der Waals surface area contributed by atoms with Crippen LogP contribution in [0.3, 0.4) is 0 Å². The van der Waals surface area contributed by atoms with Crippen molar-refractivity contribution in [2.45, 2.75) is 40.0 Å². The molecule has 1 aliphatic rings. The molecule has 0 atom stereocenters. The molecule has 0 bridgehead atoms. The summed E-state index contributed by atoms with van der Waals surface area (Å²) < 4.78 is 11.0. The van der Waals surface area contributed by atoms with Gasteiger partial charge in [0.1, 0.15) is 0 Å². The van der Waals surface area contributed by atoms with Gasteiger partial charge in [0.25, 0.3) is 0 Å². The molecule has 0 spiro atoms. The number of allylic oxidation sites excluding steroid dienone is 2. The lowest BCUT2D eigenvalue weighted by atomic mass is 10.5. The molecule has 2 nitrogen and oxygen atoms in total. The van der Waals surface area contributed by atoms with Gasteiger partial charge in [-0.3, -0.25) is 0 Å². The minimum atomic E-state index is -1.23. The Morgan fingerprint density at radius 3 is 1.38 bits per heavy atom. The number of hydrogen-bond donors (Lipinski definition) is 0. The molecule has 0 aliphatic carbocycles. The predicted molar refractivity (Wildman–Crippen MR) is 74.4 cm³/mol. The van der Waals surface area contributed by atoms with Crippen LogP contribution in [-0.4, -0.2) is 28.4 Å². The van der Waals surface area contributed by atoms with Crippen LogP contribution >= 0.6 is 0 Å². The third-order valence-corrected chi connectivity index (χ3v) is 21.8. The highest BCUT2D eigenvalue weighted by Gasteiger charge is 2.58. The summed E-state index contributed by atoms with van der Waals surface area (Å²) in [5, 5.41) is 2.92. The van der Waals surface area contributed by atoms with Crippen LogP contribution in [0.5, 0.6) is 0 Å². The fourth-order valence-electron chi connectivity index (χ4n) is 2.04. The van der Waals surface area contributed by atoms with E-state index in [2.05, 4.69) is 26.2 Å². The van der Waals surface area contributed by atoms with Crippen molar-refractivity contribution in [3.8, 4) is 0 Å². The van der Waals surface area contributed by atoms with Gasteiger partial charge in [0.2, 0.25) is 0 Å². The Morgan fingerprint density at radius 2 is 1.12 bits per heavy atom. The van der Waals surface area contributed by atoms with Gasteiger partial charge >= 0.3 is 0 Å². The average molecular weight is 256 g/mol. The zero-order valence-corrected chi connectivity index (χ0v) is 13.4. The van der Waals surface area contributed by atoms with E-state index < -0.39 is 15.2 Å². The number of rotatable bonds is 4. The largest absolute Gasteiger partial charge is 0.502 e. The zero-order valence-electron chi connectivity index (χ0n) is 11.4. The van der Waals surface area contributed by atoms with Gasteiger partial charge in [-0.2, -0.15) is 0 Å². The second kappa shape index (κ2) is 4.79. The zero-order chi connectivity index (χ0) is 12.4. The van der Waals surface area contributed by atoms with Gasteiger partial charge in [-0.05, 0) is 24.2 Å². The Kier molecular flexibility index (Phi) is 4.07. The minimum Gasteiger partial charge on any atom is -0.502 e. The maximum atomic E-state index is 5.48. The lowest BCUT2D eigenvalue weighted by Gasteiger charge is -2.53. The highest BCUT2D eigenvalue weighted by atomic mass is 29.3. The minimum absolute atomic E-state index is 0.748. The highest BCUT2D eigenvalue weighted by molar-refractivity contribution is 7.52. The van der Waals surface area contributed by atoms with Crippen molar-refractivity contribution in [1.82, 2.24) is 0 Å². The van der Waals surface area contributed by atoms with Gasteiger partial charge in [-0.25, -0.2) is 0 Å². The van der Waals surface area contributed by atoms with Gasteiger partial charge in [0.05, 0.1) is 40.9 Å². The molecule has 16 heavy (non-hydrogen) atoms. The average Bonchev–Trinajstić information content (AvgIpc) is 2.21. The Balaban J connectivity index is 2.97. The van der Waals surface area contributed by atoms with E-state index in [-0.39, 0.29) is 0 Å². The van der Waals surface area contributed by atoms with Crippen LogP contribution in [0.25, 0.3) is 0 Å². The molecule has 1 aliphatic heterocycles. The molecule has 0 radical (unpaired) electrons. The molecule has 4 heteroatoms. The second-order valence-corrected chi connectivity index (χ2v) is 20.3. The predicted octanol–water partition coefficient (Wildman–Crippen LogP) is 3.41. The quantitative estimate of drug-likeness (QED) is 0.567. The molecule has 1 rings (SSSR count). The summed E-state index contributed by atoms with van der Waals surface area (Å²) >= 11 is 0. The number of hydrogen-bond acceptors (Lipinski definition) is 2.